The second kappa shape index (κ2) is 9.39. The van der Waals surface area contributed by atoms with Gasteiger partial charge in [0.25, 0.3) is 12.3 Å². The third kappa shape index (κ3) is 6.11. The van der Waals surface area contributed by atoms with Crippen LogP contribution in [0.3, 0.4) is 0 Å². The van der Waals surface area contributed by atoms with E-state index in [-0.39, 0.29) is 24.2 Å². The fourth-order valence-corrected chi connectivity index (χ4v) is 2.95. The molecule has 0 spiro atoms. The number of halogens is 2. The molecule has 150 valence electrons. The number of Topliss-reactive ketones (excluding diaryl/α,β-unsaturated/α-hetero) is 1. The lowest BCUT2D eigenvalue weighted by molar-refractivity contribution is -0.116. The fourth-order valence-electron chi connectivity index (χ4n) is 2.95. The minimum absolute atomic E-state index is 0.0254. The number of hydrogen-bond acceptors (Lipinski definition) is 4. The van der Waals surface area contributed by atoms with Gasteiger partial charge in [0, 0.05) is 23.4 Å². The zero-order chi connectivity index (χ0) is 20.8. The molecule has 1 heterocycles. The highest BCUT2D eigenvalue weighted by atomic mass is 19.3. The van der Waals surface area contributed by atoms with Crippen LogP contribution in [-0.2, 0) is 11.2 Å². The molecule has 0 bridgehead atoms. The second-order valence-corrected chi connectivity index (χ2v) is 6.78. The molecule has 2 rings (SSSR count). The summed E-state index contributed by atoms with van der Waals surface area (Å²) in [5.41, 5.74) is 3.33. The van der Waals surface area contributed by atoms with E-state index in [1.807, 2.05) is 13.8 Å². The van der Waals surface area contributed by atoms with Gasteiger partial charge in [-0.3, -0.25) is 14.6 Å². The molecule has 1 amide bonds. The van der Waals surface area contributed by atoms with Crippen LogP contribution >= 0.6 is 0 Å². The summed E-state index contributed by atoms with van der Waals surface area (Å²) in [6.45, 7) is 6.25. The van der Waals surface area contributed by atoms with Crippen molar-refractivity contribution in [1.29, 1.82) is 0 Å². The summed E-state index contributed by atoms with van der Waals surface area (Å²) in [5.74, 6) is 0.0570. The third-order valence-electron chi connectivity index (χ3n) is 4.13. The number of hydrogen-bond donors (Lipinski definition) is 1. The van der Waals surface area contributed by atoms with E-state index in [0.29, 0.717) is 22.7 Å². The van der Waals surface area contributed by atoms with Crippen molar-refractivity contribution in [1.82, 2.24) is 10.3 Å². The molecule has 0 saturated carbocycles. The fraction of sp³-hybridized carbons (Fsp3) is 0.381. The van der Waals surface area contributed by atoms with E-state index < -0.39 is 13.0 Å². The Hall–Kier alpha value is -2.83. The van der Waals surface area contributed by atoms with Gasteiger partial charge in [0.2, 0.25) is 0 Å². The van der Waals surface area contributed by atoms with Crippen LogP contribution < -0.4 is 10.1 Å². The first kappa shape index (κ1) is 21.5. The van der Waals surface area contributed by atoms with E-state index in [1.54, 1.807) is 37.3 Å². The number of amides is 1. The monoisotopic (exact) mass is 390 g/mol. The van der Waals surface area contributed by atoms with Gasteiger partial charge in [0.1, 0.15) is 18.1 Å². The van der Waals surface area contributed by atoms with Gasteiger partial charge in [0.15, 0.2) is 0 Å². The van der Waals surface area contributed by atoms with Crippen molar-refractivity contribution in [2.75, 3.05) is 6.61 Å². The van der Waals surface area contributed by atoms with E-state index >= 15 is 0 Å². The van der Waals surface area contributed by atoms with Crippen LogP contribution in [0.4, 0.5) is 8.78 Å². The summed E-state index contributed by atoms with van der Waals surface area (Å²) in [5, 5.41) is 2.92. The Labute approximate surface area is 163 Å². The average molecular weight is 390 g/mol. The van der Waals surface area contributed by atoms with Gasteiger partial charge in [-0.05, 0) is 63.1 Å². The molecule has 2 aromatic rings. The summed E-state index contributed by atoms with van der Waals surface area (Å²) in [7, 11) is 0. The molecule has 5 nitrogen and oxygen atoms in total. The number of aromatic nitrogens is 1. The van der Waals surface area contributed by atoms with Gasteiger partial charge in [-0.15, -0.1) is 0 Å². The lowest BCUT2D eigenvalue weighted by Gasteiger charge is -2.18. The lowest BCUT2D eigenvalue weighted by atomic mass is 10.0. The van der Waals surface area contributed by atoms with Gasteiger partial charge in [-0.2, -0.15) is 0 Å². The molecule has 0 aliphatic heterocycles. The molecule has 1 aromatic heterocycles. The Morgan fingerprint density at radius 2 is 1.89 bits per heavy atom. The zero-order valence-electron chi connectivity index (χ0n) is 16.4. The topological polar surface area (TPSA) is 68.3 Å². The third-order valence-corrected chi connectivity index (χ3v) is 4.13. The smallest absolute Gasteiger partial charge is 0.272 e. The van der Waals surface area contributed by atoms with Crippen molar-refractivity contribution in [3.05, 3.63) is 58.4 Å². The highest BCUT2D eigenvalue weighted by Crippen LogP contribution is 2.23. The van der Waals surface area contributed by atoms with Crippen LogP contribution in [0.1, 0.15) is 52.8 Å². The highest BCUT2D eigenvalue weighted by molar-refractivity contribution is 5.95. The highest BCUT2D eigenvalue weighted by Gasteiger charge is 2.16. The maximum absolute atomic E-state index is 12.6. The Kier molecular flexibility index (Phi) is 7.20. The number of nitrogens with one attached hydrogen (secondary N) is 1. The largest absolute Gasteiger partial charge is 0.488 e. The number of carbonyl (C=O) groups is 2. The number of nitrogens with zero attached hydrogens (tertiary/aromatic N) is 1. The summed E-state index contributed by atoms with van der Waals surface area (Å²) in [6.07, 6.45) is -2.36. The van der Waals surface area contributed by atoms with Crippen LogP contribution in [0.25, 0.3) is 0 Å². The predicted octanol–water partition coefficient (Wildman–Crippen LogP) is 3.96. The van der Waals surface area contributed by atoms with Gasteiger partial charge in [0.05, 0.1) is 6.04 Å². The molecule has 0 fully saturated rings. The molecule has 1 unspecified atom stereocenters. The van der Waals surface area contributed by atoms with Crippen LogP contribution in [0.15, 0.2) is 30.3 Å². The molecular weight excluding hydrogens is 366 g/mol. The number of ketones is 1. The normalized spacial score (nSPS) is 12.0. The molecule has 1 N–H and O–H groups in total. The van der Waals surface area contributed by atoms with Crippen molar-refractivity contribution >= 4 is 11.7 Å². The minimum Gasteiger partial charge on any atom is -0.488 e. The molecule has 0 saturated heterocycles. The van der Waals surface area contributed by atoms with Crippen molar-refractivity contribution in [3.8, 4) is 5.75 Å². The van der Waals surface area contributed by atoms with Crippen molar-refractivity contribution in [2.24, 2.45) is 0 Å². The number of aryl methyl sites for hydroxylation is 2. The molecule has 0 radical (unpaired) electrons. The molecule has 28 heavy (non-hydrogen) atoms. The molecule has 1 aromatic carbocycles. The number of carbonyl (C=O) groups excluding carboxylic acids is 2. The van der Waals surface area contributed by atoms with Crippen LogP contribution in [0, 0.1) is 13.8 Å². The Balaban J connectivity index is 2.12. The van der Waals surface area contributed by atoms with Crippen LogP contribution in [0.2, 0.25) is 0 Å². The predicted molar refractivity (Wildman–Crippen MR) is 102 cm³/mol. The first-order chi connectivity index (χ1) is 13.2. The summed E-state index contributed by atoms with van der Waals surface area (Å²) < 4.78 is 29.5. The molecule has 1 atom stereocenters. The van der Waals surface area contributed by atoms with Gasteiger partial charge in [-0.25, -0.2) is 8.78 Å². The van der Waals surface area contributed by atoms with Crippen LogP contribution in [0.5, 0.6) is 5.75 Å². The SMILES string of the molecule is CC(=O)Cc1cc(C(=O)NC(C)c2ccc(OCC(F)F)cc2C)cc(C)n1. The van der Waals surface area contributed by atoms with Crippen molar-refractivity contribution in [2.45, 2.75) is 46.6 Å². The molecule has 0 aliphatic rings. The number of benzene rings is 1. The minimum atomic E-state index is -2.53. The second-order valence-electron chi connectivity index (χ2n) is 6.78. The molecule has 7 heteroatoms. The Morgan fingerprint density at radius 3 is 2.50 bits per heavy atom. The van der Waals surface area contributed by atoms with Crippen molar-refractivity contribution < 1.29 is 23.1 Å². The quantitative estimate of drug-likeness (QED) is 0.741. The zero-order valence-corrected chi connectivity index (χ0v) is 16.4. The van der Waals surface area contributed by atoms with E-state index in [4.69, 9.17) is 4.74 Å². The van der Waals surface area contributed by atoms with Crippen LogP contribution in [-0.4, -0.2) is 29.7 Å². The number of rotatable bonds is 8. The van der Waals surface area contributed by atoms with Gasteiger partial charge in [-0.1, -0.05) is 6.07 Å². The van der Waals surface area contributed by atoms with E-state index in [2.05, 4.69) is 10.3 Å². The Morgan fingerprint density at radius 1 is 1.18 bits per heavy atom. The number of alkyl halides is 2. The number of ether oxygens (including phenoxy) is 1. The molecule has 0 aliphatic carbocycles. The Bertz CT molecular complexity index is 869. The number of pyridine rings is 1. The molecular formula is C21H24F2N2O3. The van der Waals surface area contributed by atoms with E-state index in [0.717, 1.165) is 11.1 Å². The standard InChI is InChI=1S/C21H24F2N2O3/c1-12-7-18(28-11-20(22)23)5-6-19(12)15(4)25-21(27)16-8-13(2)24-17(10-16)9-14(3)26/h5-8,10,15,20H,9,11H2,1-4H3,(H,25,27). The summed E-state index contributed by atoms with van der Waals surface area (Å²) >= 11 is 0. The van der Waals surface area contributed by atoms with E-state index in [9.17, 15) is 18.4 Å². The first-order valence-electron chi connectivity index (χ1n) is 8.95. The first-order valence-corrected chi connectivity index (χ1v) is 8.95. The van der Waals surface area contributed by atoms with Crippen molar-refractivity contribution in [3.63, 3.8) is 0 Å². The van der Waals surface area contributed by atoms with Gasteiger partial charge >= 0.3 is 0 Å². The lowest BCUT2D eigenvalue weighted by Crippen LogP contribution is -2.27. The maximum Gasteiger partial charge on any atom is 0.272 e. The van der Waals surface area contributed by atoms with E-state index in [1.165, 1.54) is 6.92 Å². The summed E-state index contributed by atoms with van der Waals surface area (Å²) in [4.78, 5) is 28.2. The maximum atomic E-state index is 12.6. The summed E-state index contributed by atoms with van der Waals surface area (Å²) in [6, 6.07) is 8.00. The average Bonchev–Trinajstić information content (AvgIpc) is 2.58. The van der Waals surface area contributed by atoms with Gasteiger partial charge < -0.3 is 10.1 Å².